The van der Waals surface area contributed by atoms with Crippen LogP contribution in [0.1, 0.15) is 71.8 Å². The number of amides is 2. The monoisotopic (exact) mass is 461 g/mol. The lowest BCUT2D eigenvalue weighted by molar-refractivity contribution is 0.176. The molecular weight excluding hydrogens is 430 g/mol. The topological polar surface area (TPSA) is 46.5 Å². The van der Waals surface area contributed by atoms with Crippen molar-refractivity contribution in [2.75, 3.05) is 7.11 Å². The lowest BCUT2D eigenvalue weighted by Gasteiger charge is -2.32. The number of methoxy groups -OCH3 is 1. The Labute approximate surface area is 199 Å². The summed E-state index contributed by atoms with van der Waals surface area (Å²) in [5.41, 5.74) is 5.06. The Kier molecular flexibility index (Phi) is 5.41. The standard InChI is InChI=1S/C27H31N3O2S/c1-32-20-11-6-8-18(16-20)25-23-13-7-15-29(23)26-22(21-12-4-5-14-24(21)33-26)17-30(25)27(31)28-19-9-2-3-10-19/h6-8,11,13,15-16,19,25H,2-5,9-10,12,14,17H2,1H3,(H,28,31). The molecule has 1 saturated carbocycles. The Bertz CT molecular complexity index is 1170. The molecule has 5 nitrogen and oxygen atoms in total. The average molecular weight is 462 g/mol. The van der Waals surface area contributed by atoms with Crippen LogP contribution in [0.15, 0.2) is 42.6 Å². The van der Waals surface area contributed by atoms with Gasteiger partial charge < -0.3 is 19.5 Å². The molecule has 0 saturated heterocycles. The van der Waals surface area contributed by atoms with Crippen LogP contribution in [-0.4, -0.2) is 28.6 Å². The van der Waals surface area contributed by atoms with Gasteiger partial charge in [0.15, 0.2) is 0 Å². The van der Waals surface area contributed by atoms with Gasteiger partial charge in [-0.25, -0.2) is 4.79 Å². The molecule has 3 aliphatic rings. The van der Waals surface area contributed by atoms with Gasteiger partial charge in [0, 0.05) is 22.7 Å². The summed E-state index contributed by atoms with van der Waals surface area (Å²) in [5, 5.41) is 4.68. The highest BCUT2D eigenvalue weighted by Gasteiger charge is 2.36. The number of carbonyl (C=O) groups excluding carboxylic acids is 1. The Morgan fingerprint density at radius 3 is 2.76 bits per heavy atom. The predicted octanol–water partition coefficient (Wildman–Crippen LogP) is 5.98. The molecule has 33 heavy (non-hydrogen) atoms. The van der Waals surface area contributed by atoms with E-state index in [0.717, 1.165) is 42.7 Å². The summed E-state index contributed by atoms with van der Waals surface area (Å²) in [5.74, 6) is 0.818. The van der Waals surface area contributed by atoms with E-state index >= 15 is 0 Å². The first kappa shape index (κ1) is 20.8. The Morgan fingerprint density at radius 1 is 1.06 bits per heavy atom. The van der Waals surface area contributed by atoms with E-state index < -0.39 is 0 Å². The molecule has 1 fully saturated rings. The van der Waals surface area contributed by atoms with Crippen LogP contribution in [0.2, 0.25) is 0 Å². The van der Waals surface area contributed by atoms with Crippen molar-refractivity contribution in [1.29, 1.82) is 0 Å². The third-order valence-electron chi connectivity index (χ3n) is 7.53. The molecule has 1 atom stereocenters. The number of nitrogens with zero attached hydrogens (tertiary/aromatic N) is 2. The predicted molar refractivity (Wildman–Crippen MR) is 131 cm³/mol. The van der Waals surface area contributed by atoms with Crippen LogP contribution in [0.3, 0.4) is 0 Å². The van der Waals surface area contributed by atoms with E-state index in [0.29, 0.717) is 6.54 Å². The van der Waals surface area contributed by atoms with Gasteiger partial charge >= 0.3 is 6.03 Å². The van der Waals surface area contributed by atoms with Gasteiger partial charge in [0.05, 0.1) is 25.4 Å². The number of hydrogen-bond acceptors (Lipinski definition) is 3. The maximum absolute atomic E-state index is 13.9. The highest BCUT2D eigenvalue weighted by molar-refractivity contribution is 7.15. The molecule has 172 valence electrons. The van der Waals surface area contributed by atoms with Crippen LogP contribution in [0, 0.1) is 0 Å². The third kappa shape index (κ3) is 3.65. The molecule has 1 unspecified atom stereocenters. The highest BCUT2D eigenvalue weighted by atomic mass is 32.1. The summed E-state index contributed by atoms with van der Waals surface area (Å²) in [6.07, 6.45) is 11.5. The Hall–Kier alpha value is -2.73. The molecule has 0 radical (unpaired) electrons. The number of benzene rings is 1. The first-order valence-electron chi connectivity index (χ1n) is 12.2. The smallest absolute Gasteiger partial charge is 0.318 e. The molecule has 1 aromatic carbocycles. The van der Waals surface area contributed by atoms with E-state index in [4.69, 9.17) is 4.74 Å². The van der Waals surface area contributed by atoms with E-state index in [2.05, 4.69) is 45.2 Å². The molecule has 0 bridgehead atoms. The fourth-order valence-electron chi connectivity index (χ4n) is 5.88. The van der Waals surface area contributed by atoms with Crippen LogP contribution in [0.25, 0.3) is 5.00 Å². The van der Waals surface area contributed by atoms with Crippen molar-refractivity contribution in [3.63, 3.8) is 0 Å². The second-order valence-corrected chi connectivity index (χ2v) is 10.6. The molecule has 2 aliphatic carbocycles. The summed E-state index contributed by atoms with van der Waals surface area (Å²) in [6, 6.07) is 12.6. The van der Waals surface area contributed by atoms with Crippen molar-refractivity contribution in [1.82, 2.24) is 14.8 Å². The van der Waals surface area contributed by atoms with Gasteiger partial charge in [0.25, 0.3) is 0 Å². The zero-order chi connectivity index (χ0) is 22.4. The van der Waals surface area contributed by atoms with Gasteiger partial charge in [-0.05, 0) is 73.9 Å². The van der Waals surface area contributed by atoms with E-state index in [9.17, 15) is 4.79 Å². The molecule has 3 aromatic rings. The van der Waals surface area contributed by atoms with Crippen LogP contribution in [-0.2, 0) is 19.4 Å². The number of aromatic nitrogens is 1. The van der Waals surface area contributed by atoms with E-state index in [1.807, 2.05) is 23.5 Å². The second kappa shape index (κ2) is 8.56. The van der Waals surface area contributed by atoms with Crippen LogP contribution in [0.4, 0.5) is 4.79 Å². The quantitative estimate of drug-likeness (QED) is 0.521. The van der Waals surface area contributed by atoms with Crippen LogP contribution < -0.4 is 10.1 Å². The minimum atomic E-state index is -0.171. The average Bonchev–Trinajstić information content (AvgIpc) is 3.58. The Morgan fingerprint density at radius 2 is 1.91 bits per heavy atom. The Balaban J connectivity index is 1.49. The molecule has 1 aliphatic heterocycles. The molecule has 2 amide bonds. The fraction of sp³-hybridized carbons (Fsp3) is 0.444. The largest absolute Gasteiger partial charge is 0.497 e. The molecule has 6 heteroatoms. The number of carbonyl (C=O) groups is 1. The molecule has 3 heterocycles. The van der Waals surface area contributed by atoms with Crippen molar-refractivity contribution in [2.24, 2.45) is 0 Å². The summed E-state index contributed by atoms with van der Waals surface area (Å²) < 4.78 is 7.89. The zero-order valence-electron chi connectivity index (χ0n) is 19.2. The van der Waals surface area contributed by atoms with Crippen molar-refractivity contribution in [3.05, 3.63) is 69.9 Å². The number of fused-ring (bicyclic) bond motifs is 5. The first-order valence-corrected chi connectivity index (χ1v) is 13.1. The number of hydrogen-bond donors (Lipinski definition) is 1. The summed E-state index contributed by atoms with van der Waals surface area (Å²) in [6.45, 7) is 0.642. The molecule has 0 spiro atoms. The number of aryl methyl sites for hydroxylation is 1. The lowest BCUT2D eigenvalue weighted by Crippen LogP contribution is -2.45. The number of ether oxygens (including phenoxy) is 1. The number of urea groups is 1. The summed E-state index contributed by atoms with van der Waals surface area (Å²) in [7, 11) is 1.70. The normalized spacial score (nSPS) is 20.0. The van der Waals surface area contributed by atoms with Gasteiger partial charge in [-0.3, -0.25) is 0 Å². The van der Waals surface area contributed by atoms with Gasteiger partial charge in [0.2, 0.25) is 0 Å². The van der Waals surface area contributed by atoms with Gasteiger partial charge in [-0.2, -0.15) is 0 Å². The summed E-state index contributed by atoms with van der Waals surface area (Å²) in [4.78, 5) is 17.4. The summed E-state index contributed by atoms with van der Waals surface area (Å²) >= 11 is 1.93. The number of rotatable bonds is 3. The van der Waals surface area contributed by atoms with Crippen molar-refractivity contribution in [3.8, 4) is 10.8 Å². The maximum atomic E-state index is 13.9. The fourth-order valence-corrected chi connectivity index (χ4v) is 7.28. The third-order valence-corrected chi connectivity index (χ3v) is 8.87. The zero-order valence-corrected chi connectivity index (χ0v) is 20.0. The number of thiophene rings is 1. The van der Waals surface area contributed by atoms with E-state index in [-0.39, 0.29) is 18.1 Å². The van der Waals surface area contributed by atoms with Crippen molar-refractivity contribution < 1.29 is 9.53 Å². The number of nitrogens with one attached hydrogen (secondary N) is 1. The van der Waals surface area contributed by atoms with E-state index in [1.54, 1.807) is 7.11 Å². The van der Waals surface area contributed by atoms with Crippen LogP contribution in [0.5, 0.6) is 5.75 Å². The van der Waals surface area contributed by atoms with Crippen LogP contribution >= 0.6 is 11.3 Å². The van der Waals surface area contributed by atoms with Gasteiger partial charge in [-0.1, -0.05) is 25.0 Å². The van der Waals surface area contributed by atoms with Crippen molar-refractivity contribution in [2.45, 2.75) is 70.0 Å². The SMILES string of the molecule is COc1cccc(C2c3cccn3-c3sc4c(c3CN2C(=O)NC2CCCC2)CCCC4)c1. The maximum Gasteiger partial charge on any atom is 0.318 e. The lowest BCUT2D eigenvalue weighted by atomic mass is 9.95. The van der Waals surface area contributed by atoms with Gasteiger partial charge in [0.1, 0.15) is 10.8 Å². The first-order chi connectivity index (χ1) is 16.2. The molecule has 1 N–H and O–H groups in total. The molecular formula is C27H31N3O2S. The second-order valence-electron chi connectivity index (χ2n) is 9.54. The minimum Gasteiger partial charge on any atom is -0.497 e. The molecule has 6 rings (SSSR count). The van der Waals surface area contributed by atoms with E-state index in [1.165, 1.54) is 46.7 Å². The molecule has 2 aromatic heterocycles. The van der Waals surface area contributed by atoms with Crippen molar-refractivity contribution >= 4 is 17.4 Å². The van der Waals surface area contributed by atoms with Gasteiger partial charge in [-0.15, -0.1) is 11.3 Å². The minimum absolute atomic E-state index is 0.0473. The highest BCUT2D eigenvalue weighted by Crippen LogP contribution is 2.44.